The molecule has 0 radical (unpaired) electrons. The summed E-state index contributed by atoms with van der Waals surface area (Å²) in [4.78, 5) is 0.124. The molecule has 0 saturated carbocycles. The van der Waals surface area contributed by atoms with Gasteiger partial charge in [-0.1, -0.05) is 0 Å². The summed E-state index contributed by atoms with van der Waals surface area (Å²) in [6, 6.07) is 4.57. The first-order valence-corrected chi connectivity index (χ1v) is 8.27. The Hall–Kier alpha value is -2.13. The predicted molar refractivity (Wildman–Crippen MR) is 77.1 cm³/mol. The van der Waals surface area contributed by atoms with Crippen LogP contribution in [0.1, 0.15) is 12.2 Å². The van der Waals surface area contributed by atoms with Crippen molar-refractivity contribution >= 4 is 10.0 Å². The summed E-state index contributed by atoms with van der Waals surface area (Å²) >= 11 is 0. The summed E-state index contributed by atoms with van der Waals surface area (Å²) in [6.07, 6.45) is 2.28. The van der Waals surface area contributed by atoms with Crippen molar-refractivity contribution in [1.29, 1.82) is 0 Å². The molecule has 1 aromatic heterocycles. The van der Waals surface area contributed by atoms with Gasteiger partial charge in [0, 0.05) is 19.5 Å². The largest absolute Gasteiger partial charge is 0.490 e. The number of aromatic nitrogens is 3. The van der Waals surface area contributed by atoms with Gasteiger partial charge < -0.3 is 14.0 Å². The third-order valence-electron chi connectivity index (χ3n) is 3.25. The number of nitrogens with zero attached hydrogens (tertiary/aromatic N) is 3. The predicted octanol–water partition coefficient (Wildman–Crippen LogP) is 0.455. The minimum absolute atomic E-state index is 0.0628. The molecule has 3 rings (SSSR count). The molecule has 1 N–H and O–H groups in total. The van der Waals surface area contributed by atoms with Crippen molar-refractivity contribution in [2.75, 3.05) is 13.2 Å². The summed E-state index contributed by atoms with van der Waals surface area (Å²) in [5.41, 5.74) is 0. The van der Waals surface area contributed by atoms with Gasteiger partial charge in [0.1, 0.15) is 12.2 Å². The Morgan fingerprint density at radius 2 is 2.05 bits per heavy atom. The Bertz CT molecular complexity index is 772. The van der Waals surface area contributed by atoms with Crippen molar-refractivity contribution in [3.05, 3.63) is 30.4 Å². The van der Waals surface area contributed by atoms with Crippen LogP contribution in [0, 0.1) is 0 Å². The number of nitrogens with one attached hydrogen (secondary N) is 1. The second-order valence-corrected chi connectivity index (χ2v) is 6.61. The van der Waals surface area contributed by atoms with E-state index in [4.69, 9.17) is 9.47 Å². The Labute approximate surface area is 128 Å². The molecule has 0 atom stereocenters. The van der Waals surface area contributed by atoms with E-state index in [1.54, 1.807) is 17.7 Å². The lowest BCUT2D eigenvalue weighted by molar-refractivity contribution is 0.297. The van der Waals surface area contributed by atoms with Crippen molar-refractivity contribution < 1.29 is 17.9 Å². The van der Waals surface area contributed by atoms with Gasteiger partial charge in [-0.2, -0.15) is 0 Å². The van der Waals surface area contributed by atoms with E-state index in [1.807, 2.05) is 0 Å². The van der Waals surface area contributed by atoms with Crippen LogP contribution in [0.25, 0.3) is 0 Å². The zero-order chi connectivity index (χ0) is 15.6. The minimum atomic E-state index is -3.67. The Morgan fingerprint density at radius 3 is 2.77 bits per heavy atom. The van der Waals surface area contributed by atoms with Crippen molar-refractivity contribution in [2.24, 2.45) is 7.05 Å². The molecular formula is C13H16N4O4S. The molecule has 9 heteroatoms. The van der Waals surface area contributed by atoms with Gasteiger partial charge in [-0.15, -0.1) is 10.2 Å². The zero-order valence-electron chi connectivity index (χ0n) is 12.0. The van der Waals surface area contributed by atoms with E-state index in [0.717, 1.165) is 6.42 Å². The molecule has 0 fully saturated rings. The van der Waals surface area contributed by atoms with Crippen LogP contribution in [-0.4, -0.2) is 36.4 Å². The fourth-order valence-electron chi connectivity index (χ4n) is 2.02. The van der Waals surface area contributed by atoms with Crippen LogP contribution in [0.4, 0.5) is 0 Å². The van der Waals surface area contributed by atoms with Gasteiger partial charge in [-0.05, 0) is 12.1 Å². The number of fused-ring (bicyclic) bond motifs is 1. The first-order valence-electron chi connectivity index (χ1n) is 6.78. The second kappa shape index (κ2) is 5.93. The lowest BCUT2D eigenvalue weighted by Crippen LogP contribution is -2.24. The van der Waals surface area contributed by atoms with Crippen LogP contribution in [-0.2, 0) is 23.6 Å². The van der Waals surface area contributed by atoms with Crippen molar-refractivity contribution in [1.82, 2.24) is 19.5 Å². The summed E-state index contributed by atoms with van der Waals surface area (Å²) < 4.78 is 39.8. The van der Waals surface area contributed by atoms with Crippen LogP contribution >= 0.6 is 0 Å². The highest BCUT2D eigenvalue weighted by molar-refractivity contribution is 7.89. The van der Waals surface area contributed by atoms with Crippen molar-refractivity contribution in [3.8, 4) is 11.5 Å². The summed E-state index contributed by atoms with van der Waals surface area (Å²) in [5, 5.41) is 7.54. The molecule has 8 nitrogen and oxygen atoms in total. The first-order chi connectivity index (χ1) is 10.6. The van der Waals surface area contributed by atoms with E-state index in [1.165, 1.54) is 18.5 Å². The monoisotopic (exact) mass is 324 g/mol. The number of rotatable bonds is 4. The van der Waals surface area contributed by atoms with Gasteiger partial charge >= 0.3 is 0 Å². The summed E-state index contributed by atoms with van der Waals surface area (Å²) in [7, 11) is -1.92. The Morgan fingerprint density at radius 1 is 1.27 bits per heavy atom. The molecule has 118 valence electrons. The third-order valence-corrected chi connectivity index (χ3v) is 4.65. The molecule has 0 spiro atoms. The highest BCUT2D eigenvalue weighted by Gasteiger charge is 2.19. The maximum absolute atomic E-state index is 12.3. The van der Waals surface area contributed by atoms with Crippen molar-refractivity contribution in [3.63, 3.8) is 0 Å². The molecule has 1 aliphatic rings. The maximum Gasteiger partial charge on any atom is 0.241 e. The lowest BCUT2D eigenvalue weighted by atomic mass is 10.3. The van der Waals surface area contributed by atoms with E-state index < -0.39 is 10.0 Å². The molecule has 2 aromatic rings. The fourth-order valence-corrected chi connectivity index (χ4v) is 3.02. The van der Waals surface area contributed by atoms with Crippen molar-refractivity contribution in [2.45, 2.75) is 17.9 Å². The highest BCUT2D eigenvalue weighted by atomic mass is 32.2. The summed E-state index contributed by atoms with van der Waals surface area (Å²) in [6.45, 7) is 1.12. The molecule has 0 aliphatic carbocycles. The molecule has 0 unspecified atom stereocenters. The lowest BCUT2D eigenvalue weighted by Gasteiger charge is -2.10. The SMILES string of the molecule is Cn1cnnc1CNS(=O)(=O)c1ccc2c(c1)OCCCO2. The van der Waals surface area contributed by atoms with Crippen LogP contribution in [0.5, 0.6) is 11.5 Å². The van der Waals surface area contributed by atoms with E-state index in [0.29, 0.717) is 30.5 Å². The average molecular weight is 324 g/mol. The van der Waals surface area contributed by atoms with Crippen LogP contribution in [0.2, 0.25) is 0 Å². The van der Waals surface area contributed by atoms with Gasteiger partial charge in [0.2, 0.25) is 10.0 Å². The standard InChI is InChI=1S/C13H16N4O4S/c1-17-9-14-16-13(17)8-15-22(18,19)10-3-4-11-12(7-10)21-6-2-5-20-11/h3-4,7,9,15H,2,5-6,8H2,1H3. The quantitative estimate of drug-likeness (QED) is 0.877. The zero-order valence-corrected chi connectivity index (χ0v) is 12.8. The van der Waals surface area contributed by atoms with Gasteiger partial charge in [0.05, 0.1) is 24.7 Å². The average Bonchev–Trinajstić information content (AvgIpc) is 2.77. The molecule has 0 amide bonds. The number of hydrogen-bond acceptors (Lipinski definition) is 6. The first kappa shape index (κ1) is 14.8. The molecular weight excluding hydrogens is 308 g/mol. The normalized spacial score (nSPS) is 14.6. The fraction of sp³-hybridized carbons (Fsp3) is 0.385. The van der Waals surface area contributed by atoms with Gasteiger partial charge in [-0.3, -0.25) is 0 Å². The minimum Gasteiger partial charge on any atom is -0.490 e. The van der Waals surface area contributed by atoms with Gasteiger partial charge in [0.15, 0.2) is 11.5 Å². The smallest absolute Gasteiger partial charge is 0.241 e. The Kier molecular flexibility index (Phi) is 3.99. The van der Waals surface area contributed by atoms with E-state index in [2.05, 4.69) is 14.9 Å². The van der Waals surface area contributed by atoms with E-state index in [-0.39, 0.29) is 11.4 Å². The molecule has 1 aliphatic heterocycles. The van der Waals surface area contributed by atoms with Crippen LogP contribution in [0.15, 0.2) is 29.4 Å². The van der Waals surface area contributed by atoms with E-state index >= 15 is 0 Å². The third kappa shape index (κ3) is 3.04. The van der Waals surface area contributed by atoms with Crippen LogP contribution in [0.3, 0.4) is 0 Å². The second-order valence-electron chi connectivity index (χ2n) is 4.84. The van der Waals surface area contributed by atoms with Crippen LogP contribution < -0.4 is 14.2 Å². The number of benzene rings is 1. The van der Waals surface area contributed by atoms with Gasteiger partial charge in [-0.25, -0.2) is 13.1 Å². The van der Waals surface area contributed by atoms with E-state index in [9.17, 15) is 8.42 Å². The molecule has 0 saturated heterocycles. The maximum atomic E-state index is 12.3. The summed E-state index contributed by atoms with van der Waals surface area (Å²) in [5.74, 6) is 1.53. The van der Waals surface area contributed by atoms with Gasteiger partial charge in [0.25, 0.3) is 0 Å². The Balaban J connectivity index is 1.80. The number of ether oxygens (including phenoxy) is 2. The topological polar surface area (TPSA) is 95.3 Å². The number of sulfonamides is 1. The molecule has 2 heterocycles. The number of aryl methyl sites for hydroxylation is 1. The highest BCUT2D eigenvalue weighted by Crippen LogP contribution is 2.31. The molecule has 1 aromatic carbocycles. The number of hydrogen-bond donors (Lipinski definition) is 1. The molecule has 22 heavy (non-hydrogen) atoms. The molecule has 0 bridgehead atoms.